The minimum atomic E-state index is -0.873. The molecule has 0 heterocycles. The maximum Gasteiger partial charge on any atom is 0.335 e. The van der Waals surface area contributed by atoms with Gasteiger partial charge in [-0.1, -0.05) is 54.1 Å². The van der Waals surface area contributed by atoms with Gasteiger partial charge in [0.05, 0.1) is 5.56 Å². The van der Waals surface area contributed by atoms with Crippen LogP contribution in [0.3, 0.4) is 0 Å². The smallest absolute Gasteiger partial charge is 0.335 e. The summed E-state index contributed by atoms with van der Waals surface area (Å²) >= 11 is 0. The molecule has 0 unspecified atom stereocenters. The van der Waals surface area contributed by atoms with Crippen molar-refractivity contribution in [3.63, 3.8) is 0 Å². The van der Waals surface area contributed by atoms with Crippen molar-refractivity contribution in [3.05, 3.63) is 76.9 Å². The Balaban J connectivity index is 1.85. The summed E-state index contributed by atoms with van der Waals surface area (Å²) in [6, 6.07) is 18.0. The molecule has 2 atom stereocenters. The Bertz CT molecular complexity index is 780. The number of carboxylic acid groups (broad SMARTS) is 1. The Morgan fingerprint density at radius 3 is 2.62 bits per heavy atom. The fraction of sp³-hybridized carbons (Fsp3) is 0.348. The normalized spacial score (nSPS) is 21.9. The monoisotopic (exact) mass is 349 g/mol. The number of carboxylic acids is 1. The number of rotatable bonds is 5. The van der Waals surface area contributed by atoms with Gasteiger partial charge in [-0.25, -0.2) is 4.79 Å². The molecule has 3 heteroatoms. The molecular formula is C23H27NO2. The summed E-state index contributed by atoms with van der Waals surface area (Å²) in [6.45, 7) is 1.10. The quantitative estimate of drug-likeness (QED) is 0.833. The molecule has 26 heavy (non-hydrogen) atoms. The lowest BCUT2D eigenvalue weighted by Gasteiger charge is -2.35. The summed E-state index contributed by atoms with van der Waals surface area (Å²) in [5, 5.41) is 9.20. The zero-order valence-electron chi connectivity index (χ0n) is 15.6. The molecule has 0 radical (unpaired) electrons. The first kappa shape index (κ1) is 18.4. The molecule has 1 N–H and O–H groups in total. The lowest BCUT2D eigenvalue weighted by atomic mass is 9.73. The van der Waals surface area contributed by atoms with Gasteiger partial charge in [0.2, 0.25) is 0 Å². The Morgan fingerprint density at radius 1 is 1.15 bits per heavy atom. The van der Waals surface area contributed by atoms with Crippen LogP contribution < -0.4 is 0 Å². The fourth-order valence-corrected chi connectivity index (χ4v) is 4.03. The minimum Gasteiger partial charge on any atom is -0.478 e. The first-order valence-corrected chi connectivity index (χ1v) is 9.25. The van der Waals surface area contributed by atoms with Gasteiger partial charge in [0.15, 0.2) is 0 Å². The number of hydrogen-bond donors (Lipinski definition) is 1. The van der Waals surface area contributed by atoms with Crippen LogP contribution in [0.4, 0.5) is 0 Å². The first-order valence-electron chi connectivity index (χ1n) is 9.25. The Kier molecular flexibility index (Phi) is 5.89. The molecule has 0 aromatic heterocycles. The van der Waals surface area contributed by atoms with Gasteiger partial charge < -0.3 is 10.0 Å². The topological polar surface area (TPSA) is 40.5 Å². The third kappa shape index (κ3) is 4.61. The number of aromatic carboxylic acids is 1. The summed E-state index contributed by atoms with van der Waals surface area (Å²) in [6.07, 6.45) is 5.48. The molecule has 2 aromatic rings. The highest BCUT2D eigenvalue weighted by Gasteiger charge is 2.29. The van der Waals surface area contributed by atoms with Crippen molar-refractivity contribution < 1.29 is 9.90 Å². The van der Waals surface area contributed by atoms with Crippen LogP contribution in [0.2, 0.25) is 0 Å². The van der Waals surface area contributed by atoms with Gasteiger partial charge in [-0.15, -0.1) is 0 Å². The van der Waals surface area contributed by atoms with E-state index >= 15 is 0 Å². The van der Waals surface area contributed by atoms with Crippen LogP contribution in [0.5, 0.6) is 0 Å². The fourth-order valence-electron chi connectivity index (χ4n) is 4.03. The van der Waals surface area contributed by atoms with Crippen molar-refractivity contribution in [3.8, 4) is 0 Å². The number of allylic oxidation sites excluding steroid dienone is 1. The summed E-state index contributed by atoms with van der Waals surface area (Å²) in [7, 11) is 4.29. The van der Waals surface area contributed by atoms with Crippen LogP contribution in [0.15, 0.2) is 60.2 Å². The van der Waals surface area contributed by atoms with Gasteiger partial charge in [0.25, 0.3) is 0 Å². The molecule has 0 bridgehead atoms. The molecule has 0 aliphatic heterocycles. The minimum absolute atomic E-state index is 0.347. The number of carbonyl (C=O) groups is 1. The van der Waals surface area contributed by atoms with E-state index in [1.807, 2.05) is 12.1 Å². The van der Waals surface area contributed by atoms with E-state index in [0.29, 0.717) is 17.4 Å². The third-order valence-electron chi connectivity index (χ3n) is 5.22. The van der Waals surface area contributed by atoms with E-state index < -0.39 is 5.97 Å². The third-order valence-corrected chi connectivity index (χ3v) is 5.22. The molecule has 1 aliphatic carbocycles. The van der Waals surface area contributed by atoms with Crippen molar-refractivity contribution in [1.82, 2.24) is 4.90 Å². The van der Waals surface area contributed by atoms with Crippen molar-refractivity contribution in [2.75, 3.05) is 20.6 Å². The van der Waals surface area contributed by atoms with Crippen LogP contribution in [-0.2, 0) is 0 Å². The average Bonchev–Trinajstić information content (AvgIpc) is 2.63. The molecule has 3 rings (SSSR count). The van der Waals surface area contributed by atoms with E-state index in [-0.39, 0.29) is 0 Å². The lowest BCUT2D eigenvalue weighted by molar-refractivity contribution is 0.0697. The SMILES string of the molecule is CN(C)C[C@H]1CCC(=Cc2cccc(C(=O)O)c2)C[C@@H]1c1ccccc1. The Labute approximate surface area is 156 Å². The Hall–Kier alpha value is -2.39. The van der Waals surface area contributed by atoms with E-state index in [2.05, 4.69) is 55.4 Å². The first-order chi connectivity index (χ1) is 12.5. The molecular weight excluding hydrogens is 322 g/mol. The Morgan fingerprint density at radius 2 is 1.92 bits per heavy atom. The lowest BCUT2D eigenvalue weighted by Crippen LogP contribution is -2.29. The van der Waals surface area contributed by atoms with Gasteiger partial charge in [0.1, 0.15) is 0 Å². The second-order valence-electron chi connectivity index (χ2n) is 7.52. The van der Waals surface area contributed by atoms with E-state index in [9.17, 15) is 9.90 Å². The predicted molar refractivity (Wildman–Crippen MR) is 106 cm³/mol. The van der Waals surface area contributed by atoms with Gasteiger partial charge >= 0.3 is 5.97 Å². The molecule has 0 spiro atoms. The van der Waals surface area contributed by atoms with Crippen LogP contribution in [0, 0.1) is 5.92 Å². The highest BCUT2D eigenvalue weighted by molar-refractivity contribution is 5.88. The van der Waals surface area contributed by atoms with Gasteiger partial charge in [0, 0.05) is 6.54 Å². The number of benzene rings is 2. The largest absolute Gasteiger partial charge is 0.478 e. The van der Waals surface area contributed by atoms with Crippen molar-refractivity contribution in [2.45, 2.75) is 25.2 Å². The predicted octanol–water partition coefficient (Wildman–Crippen LogP) is 4.91. The molecule has 1 aliphatic rings. The zero-order chi connectivity index (χ0) is 18.5. The molecule has 3 nitrogen and oxygen atoms in total. The van der Waals surface area contributed by atoms with Crippen LogP contribution in [-0.4, -0.2) is 36.6 Å². The van der Waals surface area contributed by atoms with Crippen LogP contribution in [0.25, 0.3) is 6.08 Å². The van der Waals surface area contributed by atoms with E-state index in [4.69, 9.17) is 0 Å². The van der Waals surface area contributed by atoms with Crippen molar-refractivity contribution in [2.24, 2.45) is 5.92 Å². The van der Waals surface area contributed by atoms with Gasteiger partial charge in [-0.2, -0.15) is 0 Å². The van der Waals surface area contributed by atoms with E-state index in [0.717, 1.165) is 24.9 Å². The maximum absolute atomic E-state index is 11.2. The summed E-state index contributed by atoms with van der Waals surface area (Å²) in [4.78, 5) is 13.5. The van der Waals surface area contributed by atoms with E-state index in [1.54, 1.807) is 12.1 Å². The molecule has 1 fully saturated rings. The van der Waals surface area contributed by atoms with Crippen LogP contribution in [0.1, 0.15) is 46.7 Å². The average molecular weight is 349 g/mol. The van der Waals surface area contributed by atoms with Crippen LogP contribution >= 0.6 is 0 Å². The zero-order valence-corrected chi connectivity index (χ0v) is 15.6. The van der Waals surface area contributed by atoms with Crippen molar-refractivity contribution in [1.29, 1.82) is 0 Å². The summed E-state index contributed by atoms with van der Waals surface area (Å²) < 4.78 is 0. The maximum atomic E-state index is 11.2. The van der Waals surface area contributed by atoms with Crippen molar-refractivity contribution >= 4 is 12.0 Å². The molecule has 0 amide bonds. The van der Waals surface area contributed by atoms with E-state index in [1.165, 1.54) is 17.6 Å². The molecule has 1 saturated carbocycles. The highest BCUT2D eigenvalue weighted by Crippen LogP contribution is 2.41. The number of hydrogen-bond acceptors (Lipinski definition) is 2. The second kappa shape index (κ2) is 8.33. The summed E-state index contributed by atoms with van der Waals surface area (Å²) in [5.41, 5.74) is 4.15. The molecule has 0 saturated heterocycles. The highest BCUT2D eigenvalue weighted by atomic mass is 16.4. The molecule has 2 aromatic carbocycles. The number of nitrogens with zero attached hydrogens (tertiary/aromatic N) is 1. The molecule has 136 valence electrons. The van der Waals surface area contributed by atoms with Gasteiger partial charge in [-0.05, 0) is 68.5 Å². The standard InChI is InChI=1S/C23H27NO2/c1-24(2)16-21-12-11-18(15-22(21)19-8-4-3-5-9-19)13-17-7-6-10-20(14-17)23(25)26/h3-10,13-14,21-22H,11-12,15-16H2,1-2H3,(H,25,26)/t21-,22-/m1/s1. The van der Waals surface area contributed by atoms with Gasteiger partial charge in [-0.3, -0.25) is 0 Å². The summed E-state index contributed by atoms with van der Waals surface area (Å²) in [5.74, 6) is 0.290. The second-order valence-corrected chi connectivity index (χ2v) is 7.52.